The van der Waals surface area contributed by atoms with Crippen LogP contribution >= 0.6 is 0 Å². The SMILES string of the molecule is C1=CCNCC1.O=S(=O)(O)C(F)(F)F. The molecule has 0 saturated heterocycles. The first-order valence-electron chi connectivity index (χ1n) is 3.64. The third-order valence-electron chi connectivity index (χ3n) is 1.21. The Morgan fingerprint density at radius 1 is 1.29 bits per heavy atom. The van der Waals surface area contributed by atoms with Crippen molar-refractivity contribution < 1.29 is 26.1 Å². The predicted molar refractivity (Wildman–Crippen MR) is 44.2 cm³/mol. The van der Waals surface area contributed by atoms with Gasteiger partial charge in [-0.1, -0.05) is 12.2 Å². The van der Waals surface area contributed by atoms with E-state index in [0.29, 0.717) is 0 Å². The van der Waals surface area contributed by atoms with Crippen LogP contribution in [0.2, 0.25) is 0 Å². The molecule has 0 amide bonds. The van der Waals surface area contributed by atoms with Gasteiger partial charge in [-0.15, -0.1) is 0 Å². The topological polar surface area (TPSA) is 66.4 Å². The van der Waals surface area contributed by atoms with E-state index in [-0.39, 0.29) is 0 Å². The summed E-state index contributed by atoms with van der Waals surface area (Å²) in [5.74, 6) is 0. The Labute approximate surface area is 79.5 Å². The minimum atomic E-state index is -5.84. The van der Waals surface area contributed by atoms with E-state index in [1.54, 1.807) is 0 Å². The Morgan fingerprint density at radius 2 is 1.79 bits per heavy atom. The molecular weight excluding hydrogens is 223 g/mol. The van der Waals surface area contributed by atoms with E-state index in [1.165, 1.54) is 6.42 Å². The van der Waals surface area contributed by atoms with Gasteiger partial charge in [-0.05, 0) is 13.0 Å². The van der Waals surface area contributed by atoms with Crippen LogP contribution in [0.3, 0.4) is 0 Å². The summed E-state index contributed by atoms with van der Waals surface area (Å²) in [5.41, 5.74) is -5.53. The highest BCUT2D eigenvalue weighted by Gasteiger charge is 2.44. The van der Waals surface area contributed by atoms with Gasteiger partial charge in [0.05, 0.1) is 0 Å². The van der Waals surface area contributed by atoms with E-state index in [2.05, 4.69) is 17.5 Å². The molecule has 84 valence electrons. The van der Waals surface area contributed by atoms with Gasteiger partial charge in [0.15, 0.2) is 0 Å². The molecule has 4 nitrogen and oxygen atoms in total. The van der Waals surface area contributed by atoms with Gasteiger partial charge in [0, 0.05) is 6.54 Å². The van der Waals surface area contributed by atoms with Gasteiger partial charge in [0.2, 0.25) is 0 Å². The Balaban J connectivity index is 0.000000249. The quantitative estimate of drug-likeness (QED) is 0.371. The highest BCUT2D eigenvalue weighted by atomic mass is 32.2. The number of hydrogen-bond donors (Lipinski definition) is 2. The van der Waals surface area contributed by atoms with Crippen molar-refractivity contribution in [3.63, 3.8) is 0 Å². The van der Waals surface area contributed by atoms with Gasteiger partial charge in [0.25, 0.3) is 0 Å². The van der Waals surface area contributed by atoms with Crippen LogP contribution < -0.4 is 5.32 Å². The molecule has 0 aliphatic carbocycles. The molecule has 1 aliphatic rings. The third kappa shape index (κ3) is 5.95. The molecule has 2 N–H and O–H groups in total. The predicted octanol–water partition coefficient (Wildman–Crippen LogP) is 0.930. The summed E-state index contributed by atoms with van der Waals surface area (Å²) in [6, 6.07) is 0. The lowest BCUT2D eigenvalue weighted by Crippen LogP contribution is -2.21. The highest BCUT2D eigenvalue weighted by Crippen LogP contribution is 2.20. The highest BCUT2D eigenvalue weighted by molar-refractivity contribution is 7.86. The first-order valence-corrected chi connectivity index (χ1v) is 5.08. The van der Waals surface area contributed by atoms with Gasteiger partial charge < -0.3 is 5.32 Å². The Hall–Kier alpha value is -0.600. The zero-order valence-electron chi connectivity index (χ0n) is 7.08. The summed E-state index contributed by atoms with van der Waals surface area (Å²) in [4.78, 5) is 0. The van der Waals surface area contributed by atoms with E-state index in [4.69, 9.17) is 13.0 Å². The molecule has 0 fully saturated rings. The summed E-state index contributed by atoms with van der Waals surface area (Å²) in [6.07, 6.45) is 5.57. The van der Waals surface area contributed by atoms with Gasteiger partial charge in [-0.3, -0.25) is 4.55 Å². The molecule has 1 heterocycles. The summed E-state index contributed by atoms with van der Waals surface area (Å²) >= 11 is 0. The van der Waals surface area contributed by atoms with Crippen molar-refractivity contribution in [1.82, 2.24) is 5.32 Å². The van der Waals surface area contributed by atoms with Gasteiger partial charge >= 0.3 is 15.6 Å². The van der Waals surface area contributed by atoms with Crippen LogP contribution in [0.15, 0.2) is 12.2 Å². The normalized spacial score (nSPS) is 17.1. The summed E-state index contributed by atoms with van der Waals surface area (Å²) < 4.78 is 57.5. The van der Waals surface area contributed by atoms with Gasteiger partial charge in [-0.25, -0.2) is 0 Å². The number of alkyl halides is 3. The van der Waals surface area contributed by atoms with E-state index >= 15 is 0 Å². The minimum absolute atomic E-state index is 1.07. The molecule has 0 radical (unpaired) electrons. The Kier molecular flexibility index (Phi) is 5.09. The van der Waals surface area contributed by atoms with Crippen molar-refractivity contribution in [3.8, 4) is 0 Å². The first kappa shape index (κ1) is 13.4. The zero-order valence-corrected chi connectivity index (χ0v) is 7.90. The van der Waals surface area contributed by atoms with Crippen LogP contribution in [-0.4, -0.2) is 31.6 Å². The van der Waals surface area contributed by atoms with Crippen LogP contribution in [0.1, 0.15) is 6.42 Å². The molecule has 0 spiro atoms. The largest absolute Gasteiger partial charge is 0.522 e. The molecule has 0 saturated carbocycles. The average molecular weight is 233 g/mol. The summed E-state index contributed by atoms with van der Waals surface area (Å²) in [7, 11) is -5.84. The third-order valence-corrected chi connectivity index (χ3v) is 1.79. The zero-order chi connectivity index (χ0) is 11.2. The van der Waals surface area contributed by atoms with Gasteiger partial charge in [0.1, 0.15) is 0 Å². The van der Waals surface area contributed by atoms with Crippen LogP contribution in [0.25, 0.3) is 0 Å². The fourth-order valence-electron chi connectivity index (χ4n) is 0.572. The monoisotopic (exact) mass is 233 g/mol. The van der Waals surface area contributed by atoms with E-state index in [0.717, 1.165) is 13.1 Å². The lowest BCUT2D eigenvalue weighted by atomic mass is 10.3. The lowest BCUT2D eigenvalue weighted by Gasteiger charge is -2.01. The van der Waals surface area contributed by atoms with Crippen LogP contribution in [0, 0.1) is 0 Å². The molecular formula is C6H10F3NO3S. The molecule has 0 bridgehead atoms. The maximum atomic E-state index is 10.7. The van der Waals surface area contributed by atoms with Crippen molar-refractivity contribution in [2.24, 2.45) is 0 Å². The molecule has 0 aromatic rings. The molecule has 0 unspecified atom stereocenters. The van der Waals surface area contributed by atoms with Crippen LogP contribution in [-0.2, 0) is 10.1 Å². The fraction of sp³-hybridized carbons (Fsp3) is 0.667. The molecule has 0 aromatic carbocycles. The van der Waals surface area contributed by atoms with E-state index in [1.807, 2.05) is 0 Å². The maximum Gasteiger partial charge on any atom is 0.522 e. The average Bonchev–Trinajstić information content (AvgIpc) is 2.05. The number of rotatable bonds is 0. The number of hydrogen-bond acceptors (Lipinski definition) is 3. The smallest absolute Gasteiger partial charge is 0.313 e. The van der Waals surface area contributed by atoms with Crippen molar-refractivity contribution >= 4 is 10.1 Å². The number of nitrogens with one attached hydrogen (secondary N) is 1. The van der Waals surface area contributed by atoms with Crippen LogP contribution in [0.4, 0.5) is 13.2 Å². The molecule has 8 heteroatoms. The lowest BCUT2D eigenvalue weighted by molar-refractivity contribution is -0.0510. The summed E-state index contributed by atoms with van der Waals surface area (Å²) in [6.45, 7) is 2.23. The maximum absolute atomic E-state index is 10.7. The molecule has 1 rings (SSSR count). The van der Waals surface area contributed by atoms with Crippen molar-refractivity contribution in [2.45, 2.75) is 11.9 Å². The van der Waals surface area contributed by atoms with Crippen molar-refractivity contribution in [1.29, 1.82) is 0 Å². The molecule has 0 atom stereocenters. The fourth-order valence-corrected chi connectivity index (χ4v) is 0.572. The Bertz CT molecular complexity index is 275. The molecule has 1 aliphatic heterocycles. The summed E-state index contributed by atoms with van der Waals surface area (Å²) in [5, 5.41) is 3.20. The van der Waals surface area contributed by atoms with E-state index in [9.17, 15) is 13.2 Å². The van der Waals surface area contributed by atoms with Crippen molar-refractivity contribution in [2.75, 3.05) is 13.1 Å². The molecule has 0 aromatic heterocycles. The van der Waals surface area contributed by atoms with E-state index < -0.39 is 15.6 Å². The standard InChI is InChI=1S/C5H9N.CHF3O3S/c1-2-4-6-5-3-1;2-1(3,4)8(5,6)7/h1-2,6H,3-5H2;(H,5,6,7). The van der Waals surface area contributed by atoms with Gasteiger partial charge in [-0.2, -0.15) is 21.6 Å². The minimum Gasteiger partial charge on any atom is -0.313 e. The number of halogens is 3. The molecule has 14 heavy (non-hydrogen) atoms. The second-order valence-electron chi connectivity index (χ2n) is 2.39. The van der Waals surface area contributed by atoms with Crippen molar-refractivity contribution in [3.05, 3.63) is 12.2 Å². The van der Waals surface area contributed by atoms with Crippen LogP contribution in [0.5, 0.6) is 0 Å². The first-order chi connectivity index (χ1) is 6.25. The second kappa shape index (κ2) is 5.32. The second-order valence-corrected chi connectivity index (χ2v) is 3.80. The Morgan fingerprint density at radius 3 is 1.86 bits per heavy atom.